The first kappa shape index (κ1) is 18.7. The average molecular weight is 464 g/mol. The van der Waals surface area contributed by atoms with Crippen molar-refractivity contribution in [1.82, 2.24) is 9.55 Å². The van der Waals surface area contributed by atoms with E-state index >= 15 is 0 Å². The van der Waals surface area contributed by atoms with Crippen molar-refractivity contribution >= 4 is 60.8 Å². The van der Waals surface area contributed by atoms with E-state index in [1.165, 1.54) is 28.6 Å². The summed E-state index contributed by atoms with van der Waals surface area (Å²) < 4.78 is 2.53. The Bertz CT molecular complexity index is 1070. The van der Waals surface area contributed by atoms with Gasteiger partial charge in [-0.1, -0.05) is 27.7 Å². The maximum absolute atomic E-state index is 12.9. The summed E-state index contributed by atoms with van der Waals surface area (Å²) in [6, 6.07) is 7.42. The average Bonchev–Trinajstić information content (AvgIpc) is 3.04. The van der Waals surface area contributed by atoms with Crippen LogP contribution in [0.5, 0.6) is 0 Å². The molecule has 1 aromatic carbocycles. The molecule has 140 valence electrons. The molecule has 1 N–H and O–H groups in total. The third-order valence-electron chi connectivity index (χ3n) is 4.62. The van der Waals surface area contributed by atoms with Crippen molar-refractivity contribution in [3.63, 3.8) is 0 Å². The van der Waals surface area contributed by atoms with Gasteiger partial charge in [0.1, 0.15) is 4.83 Å². The molecule has 1 aliphatic rings. The molecule has 1 amide bonds. The van der Waals surface area contributed by atoms with Gasteiger partial charge in [-0.25, -0.2) is 4.98 Å². The monoisotopic (exact) mass is 463 g/mol. The lowest BCUT2D eigenvalue weighted by atomic mass is 9.97. The number of carbonyl (C=O) groups excluding carboxylic acids is 1. The minimum Gasteiger partial charge on any atom is -0.325 e. The van der Waals surface area contributed by atoms with Gasteiger partial charge < -0.3 is 5.32 Å². The van der Waals surface area contributed by atoms with Crippen molar-refractivity contribution in [3.8, 4) is 0 Å². The number of hydrogen-bond acceptors (Lipinski definition) is 5. The number of benzene rings is 1. The van der Waals surface area contributed by atoms with Crippen molar-refractivity contribution in [3.05, 3.63) is 49.5 Å². The van der Waals surface area contributed by atoms with Crippen molar-refractivity contribution in [2.45, 2.75) is 30.8 Å². The van der Waals surface area contributed by atoms with Gasteiger partial charge in [0.15, 0.2) is 5.16 Å². The molecule has 0 saturated heterocycles. The van der Waals surface area contributed by atoms with Crippen LogP contribution in [0, 0.1) is 0 Å². The summed E-state index contributed by atoms with van der Waals surface area (Å²) >= 11 is 6.29. The summed E-state index contributed by atoms with van der Waals surface area (Å²) in [7, 11) is 1.73. The summed E-state index contributed by atoms with van der Waals surface area (Å²) in [5, 5.41) is 4.22. The van der Waals surface area contributed by atoms with Crippen LogP contribution < -0.4 is 10.9 Å². The molecule has 27 heavy (non-hydrogen) atoms. The lowest BCUT2D eigenvalue weighted by Gasteiger charge is -2.11. The van der Waals surface area contributed by atoms with E-state index in [-0.39, 0.29) is 17.2 Å². The van der Waals surface area contributed by atoms with Gasteiger partial charge in [-0.05, 0) is 55.5 Å². The molecule has 2 aromatic heterocycles. The first-order valence-corrected chi connectivity index (χ1v) is 11.3. The van der Waals surface area contributed by atoms with Crippen LogP contribution in [0.4, 0.5) is 5.69 Å². The second-order valence-electron chi connectivity index (χ2n) is 6.49. The Morgan fingerprint density at radius 2 is 2.04 bits per heavy atom. The maximum atomic E-state index is 12.9. The third kappa shape index (κ3) is 3.83. The minimum absolute atomic E-state index is 0.00443. The minimum atomic E-state index is -0.123. The normalized spacial score (nSPS) is 13.6. The van der Waals surface area contributed by atoms with Crippen LogP contribution in [0.3, 0.4) is 0 Å². The van der Waals surface area contributed by atoms with Crippen molar-refractivity contribution in [1.29, 1.82) is 0 Å². The quantitative estimate of drug-likeness (QED) is 0.460. The van der Waals surface area contributed by atoms with Gasteiger partial charge in [-0.2, -0.15) is 0 Å². The smallest absolute Gasteiger partial charge is 0.262 e. The molecule has 4 rings (SSSR count). The molecule has 1 aliphatic carbocycles. The number of nitrogens with one attached hydrogen (secondary N) is 1. The summed E-state index contributed by atoms with van der Waals surface area (Å²) in [6.45, 7) is 0. The molecule has 0 saturated carbocycles. The number of thiophene rings is 1. The highest BCUT2D eigenvalue weighted by molar-refractivity contribution is 9.10. The Labute approximate surface area is 173 Å². The van der Waals surface area contributed by atoms with Gasteiger partial charge in [0.25, 0.3) is 5.56 Å². The lowest BCUT2D eigenvalue weighted by Crippen LogP contribution is -2.21. The van der Waals surface area contributed by atoms with Crippen LogP contribution >= 0.6 is 39.0 Å². The first-order chi connectivity index (χ1) is 13.0. The van der Waals surface area contributed by atoms with Crippen LogP contribution in [0.1, 0.15) is 23.3 Å². The Morgan fingerprint density at radius 3 is 2.81 bits per heavy atom. The number of aromatic nitrogens is 2. The Kier molecular flexibility index (Phi) is 5.39. The molecule has 0 atom stereocenters. The zero-order chi connectivity index (χ0) is 19.0. The fourth-order valence-corrected chi connectivity index (χ4v) is 5.60. The van der Waals surface area contributed by atoms with Gasteiger partial charge in [0, 0.05) is 22.1 Å². The van der Waals surface area contributed by atoms with Gasteiger partial charge in [-0.3, -0.25) is 14.2 Å². The number of nitrogens with zero attached hydrogens (tertiary/aromatic N) is 2. The van der Waals surface area contributed by atoms with Crippen LogP contribution in [0.15, 0.2) is 38.7 Å². The fraction of sp³-hybridized carbons (Fsp3) is 0.316. The number of fused-ring (bicyclic) bond motifs is 3. The molecule has 0 fully saturated rings. The van der Waals surface area contributed by atoms with E-state index in [0.29, 0.717) is 5.16 Å². The van der Waals surface area contributed by atoms with Crippen molar-refractivity contribution < 1.29 is 4.79 Å². The fourth-order valence-electron chi connectivity index (χ4n) is 3.26. The van der Waals surface area contributed by atoms with E-state index in [4.69, 9.17) is 0 Å². The molecule has 5 nitrogen and oxygen atoms in total. The number of rotatable bonds is 4. The zero-order valence-corrected chi connectivity index (χ0v) is 18.0. The summed E-state index contributed by atoms with van der Waals surface area (Å²) in [5.41, 5.74) is 1.93. The summed E-state index contributed by atoms with van der Waals surface area (Å²) in [6.07, 6.45) is 4.32. The maximum Gasteiger partial charge on any atom is 0.262 e. The van der Waals surface area contributed by atoms with Gasteiger partial charge in [-0.15, -0.1) is 11.3 Å². The van der Waals surface area contributed by atoms with Crippen molar-refractivity contribution in [2.75, 3.05) is 11.1 Å². The van der Waals surface area contributed by atoms with E-state index in [9.17, 15) is 9.59 Å². The molecule has 0 bridgehead atoms. The van der Waals surface area contributed by atoms with Crippen LogP contribution in [0.25, 0.3) is 10.2 Å². The molecule has 2 heterocycles. The molecular weight excluding hydrogens is 446 g/mol. The number of halogens is 1. The molecule has 3 aromatic rings. The van der Waals surface area contributed by atoms with Crippen LogP contribution in [-0.2, 0) is 24.7 Å². The Hall–Kier alpha value is -1.64. The largest absolute Gasteiger partial charge is 0.325 e. The van der Waals surface area contributed by atoms with Crippen molar-refractivity contribution in [2.24, 2.45) is 7.05 Å². The number of anilines is 1. The van der Waals surface area contributed by atoms with E-state index in [2.05, 4.69) is 26.2 Å². The van der Waals surface area contributed by atoms with E-state index < -0.39 is 0 Å². The summed E-state index contributed by atoms with van der Waals surface area (Å²) in [4.78, 5) is 31.9. The van der Waals surface area contributed by atoms with Crippen LogP contribution in [0.2, 0.25) is 0 Å². The molecular formula is C19H18BrN3O2S2. The topological polar surface area (TPSA) is 64.0 Å². The Morgan fingerprint density at radius 1 is 1.30 bits per heavy atom. The predicted octanol–water partition coefficient (Wildman–Crippen LogP) is 4.37. The zero-order valence-electron chi connectivity index (χ0n) is 14.8. The molecule has 0 radical (unpaired) electrons. The Balaban J connectivity index is 1.53. The predicted molar refractivity (Wildman–Crippen MR) is 115 cm³/mol. The van der Waals surface area contributed by atoms with Gasteiger partial charge in [0.2, 0.25) is 5.91 Å². The summed E-state index contributed by atoms with van der Waals surface area (Å²) in [5.74, 6) is 0.0783. The lowest BCUT2D eigenvalue weighted by molar-refractivity contribution is -0.113. The van der Waals surface area contributed by atoms with E-state index in [1.807, 2.05) is 24.3 Å². The number of aryl methyl sites for hydroxylation is 2. The number of carbonyl (C=O) groups is 1. The van der Waals surface area contributed by atoms with E-state index in [1.54, 1.807) is 23.0 Å². The standard InChI is InChI=1S/C19H18BrN3O2S2/c1-23-18(25)16-13-4-2-3-5-14(13)27-17(16)22-19(23)26-10-15(24)21-12-8-6-11(20)7-9-12/h6-9H,2-5,10H2,1H3,(H,21,24). The molecule has 0 aliphatic heterocycles. The molecule has 8 heteroatoms. The molecule has 0 unspecified atom stereocenters. The number of thioether (sulfide) groups is 1. The second kappa shape index (κ2) is 7.77. The highest BCUT2D eigenvalue weighted by Crippen LogP contribution is 2.34. The highest BCUT2D eigenvalue weighted by atomic mass is 79.9. The SMILES string of the molecule is Cn1c(SCC(=O)Nc2ccc(Br)cc2)nc2sc3c(c2c1=O)CCCC3. The van der Waals surface area contributed by atoms with Crippen LogP contribution in [-0.4, -0.2) is 21.2 Å². The highest BCUT2D eigenvalue weighted by Gasteiger charge is 2.21. The number of hydrogen-bond donors (Lipinski definition) is 1. The first-order valence-electron chi connectivity index (χ1n) is 8.72. The van der Waals surface area contributed by atoms with Gasteiger partial charge >= 0.3 is 0 Å². The second-order valence-corrected chi connectivity index (χ2v) is 9.44. The van der Waals surface area contributed by atoms with Gasteiger partial charge in [0.05, 0.1) is 11.1 Å². The van der Waals surface area contributed by atoms with E-state index in [0.717, 1.165) is 39.6 Å². The third-order valence-corrected chi connectivity index (χ3v) is 7.36. The number of amides is 1. The molecule has 0 spiro atoms.